The topological polar surface area (TPSA) is 78.9 Å². The number of hydrogen-bond acceptors (Lipinski definition) is 6. The fourth-order valence-electron chi connectivity index (χ4n) is 8.55. The van der Waals surface area contributed by atoms with Gasteiger partial charge in [-0.2, -0.15) is 0 Å². The summed E-state index contributed by atoms with van der Waals surface area (Å²) in [5.74, 6) is -0.866. The largest absolute Gasteiger partial charge is 0.462 e. The molecule has 0 aromatic heterocycles. The first-order valence-electron chi connectivity index (χ1n) is 28.8. The number of carbonyl (C=O) groups excluding carboxylic acids is 3. The van der Waals surface area contributed by atoms with Gasteiger partial charge in [0.05, 0.1) is 0 Å². The summed E-state index contributed by atoms with van der Waals surface area (Å²) in [7, 11) is 0. The van der Waals surface area contributed by atoms with Gasteiger partial charge in [-0.15, -0.1) is 0 Å². The number of carbonyl (C=O) groups is 3. The second-order valence-corrected chi connectivity index (χ2v) is 19.6. The molecule has 1 atom stereocenters. The van der Waals surface area contributed by atoms with E-state index in [1.807, 2.05) is 0 Å². The summed E-state index contributed by atoms with van der Waals surface area (Å²) in [6.07, 6.45) is 63.3. The molecule has 6 heteroatoms. The minimum atomic E-state index is -0.770. The first kappa shape index (κ1) is 62.9. The van der Waals surface area contributed by atoms with Gasteiger partial charge in [-0.05, 0) is 70.6 Å². The summed E-state index contributed by atoms with van der Waals surface area (Å²) in [5.41, 5.74) is 0. The first-order chi connectivity index (χ1) is 32.0. The van der Waals surface area contributed by atoms with Gasteiger partial charge < -0.3 is 14.2 Å². The van der Waals surface area contributed by atoms with Crippen LogP contribution in [0, 0.1) is 0 Å². The predicted molar refractivity (Wildman–Crippen MR) is 279 cm³/mol. The zero-order valence-electron chi connectivity index (χ0n) is 43.8. The van der Waals surface area contributed by atoms with E-state index in [2.05, 4.69) is 45.1 Å². The van der Waals surface area contributed by atoms with Crippen molar-refractivity contribution in [1.29, 1.82) is 0 Å². The molecule has 0 saturated heterocycles. The van der Waals surface area contributed by atoms with Crippen LogP contribution in [0.25, 0.3) is 0 Å². The Morgan fingerprint density at radius 2 is 0.508 bits per heavy atom. The molecule has 0 amide bonds. The number of hydrogen-bond donors (Lipinski definition) is 0. The molecule has 0 bridgehead atoms. The lowest BCUT2D eigenvalue weighted by Gasteiger charge is -2.18. The number of esters is 3. The fraction of sp³-hybridized carbons (Fsp3) is 0.881. The van der Waals surface area contributed by atoms with E-state index in [0.29, 0.717) is 19.3 Å². The van der Waals surface area contributed by atoms with Crippen molar-refractivity contribution in [2.24, 2.45) is 0 Å². The van der Waals surface area contributed by atoms with Crippen LogP contribution in [0.4, 0.5) is 0 Å². The van der Waals surface area contributed by atoms with E-state index >= 15 is 0 Å². The Hall–Kier alpha value is -2.11. The number of unbranched alkanes of at least 4 members (excludes halogenated alkanes) is 38. The summed E-state index contributed by atoms with van der Waals surface area (Å²) >= 11 is 0. The van der Waals surface area contributed by atoms with E-state index in [4.69, 9.17) is 14.2 Å². The molecule has 0 radical (unpaired) electrons. The van der Waals surface area contributed by atoms with Crippen LogP contribution in [0.2, 0.25) is 0 Å². The Morgan fingerprint density at radius 1 is 0.292 bits per heavy atom. The van der Waals surface area contributed by atoms with E-state index in [1.165, 1.54) is 212 Å². The quantitative estimate of drug-likeness (QED) is 0.0262. The molecule has 0 aromatic rings. The van der Waals surface area contributed by atoms with Crippen LogP contribution in [-0.2, 0) is 28.6 Å². The molecule has 6 nitrogen and oxygen atoms in total. The lowest BCUT2D eigenvalue weighted by atomic mass is 10.0. The molecule has 0 heterocycles. The third kappa shape index (κ3) is 52.7. The first-order valence-corrected chi connectivity index (χ1v) is 28.8. The van der Waals surface area contributed by atoms with Gasteiger partial charge in [0.1, 0.15) is 13.2 Å². The van der Waals surface area contributed by atoms with Crippen molar-refractivity contribution in [1.82, 2.24) is 0 Å². The molecule has 0 aromatic carbocycles. The maximum atomic E-state index is 12.8. The van der Waals surface area contributed by atoms with Crippen LogP contribution in [0.15, 0.2) is 24.3 Å². The molecule has 0 N–H and O–H groups in total. The average Bonchev–Trinajstić information content (AvgIpc) is 3.30. The second kappa shape index (κ2) is 54.5. The average molecular weight is 916 g/mol. The van der Waals surface area contributed by atoms with Crippen LogP contribution in [-0.4, -0.2) is 37.2 Å². The fourth-order valence-corrected chi connectivity index (χ4v) is 8.55. The lowest BCUT2D eigenvalue weighted by molar-refractivity contribution is -0.167. The van der Waals surface area contributed by atoms with Crippen molar-refractivity contribution in [3.63, 3.8) is 0 Å². The smallest absolute Gasteiger partial charge is 0.306 e. The molecule has 65 heavy (non-hydrogen) atoms. The normalized spacial score (nSPS) is 12.1. The summed E-state index contributed by atoms with van der Waals surface area (Å²) < 4.78 is 16.8. The van der Waals surface area contributed by atoms with E-state index in [0.717, 1.165) is 64.2 Å². The van der Waals surface area contributed by atoms with Crippen molar-refractivity contribution in [2.45, 2.75) is 322 Å². The monoisotopic (exact) mass is 915 g/mol. The van der Waals surface area contributed by atoms with Gasteiger partial charge in [-0.1, -0.05) is 251 Å². The summed E-state index contributed by atoms with van der Waals surface area (Å²) in [4.78, 5) is 38.0. The van der Waals surface area contributed by atoms with Gasteiger partial charge in [-0.3, -0.25) is 14.4 Å². The van der Waals surface area contributed by atoms with E-state index < -0.39 is 6.10 Å². The summed E-state index contributed by atoms with van der Waals surface area (Å²) in [6, 6.07) is 0. The van der Waals surface area contributed by atoms with E-state index in [1.54, 1.807) is 0 Å². The summed E-state index contributed by atoms with van der Waals surface area (Å²) in [5, 5.41) is 0. The Morgan fingerprint density at radius 3 is 0.785 bits per heavy atom. The van der Waals surface area contributed by atoms with Crippen molar-refractivity contribution >= 4 is 17.9 Å². The van der Waals surface area contributed by atoms with Crippen LogP contribution in [0.3, 0.4) is 0 Å². The van der Waals surface area contributed by atoms with Gasteiger partial charge in [0.15, 0.2) is 6.10 Å². The molecular formula is C59H110O6. The van der Waals surface area contributed by atoms with Crippen LogP contribution >= 0.6 is 0 Å². The van der Waals surface area contributed by atoms with Crippen molar-refractivity contribution in [2.75, 3.05) is 13.2 Å². The van der Waals surface area contributed by atoms with Crippen molar-refractivity contribution in [3.8, 4) is 0 Å². The Bertz CT molecular complexity index is 1050. The molecule has 0 aliphatic rings. The zero-order chi connectivity index (χ0) is 47.2. The molecule has 0 rings (SSSR count). The maximum Gasteiger partial charge on any atom is 0.306 e. The van der Waals surface area contributed by atoms with Gasteiger partial charge >= 0.3 is 17.9 Å². The minimum absolute atomic E-state index is 0.0706. The molecular weight excluding hydrogens is 805 g/mol. The molecule has 0 saturated carbocycles. The highest BCUT2D eigenvalue weighted by Gasteiger charge is 2.19. The number of allylic oxidation sites excluding steroid dienone is 4. The molecule has 0 spiro atoms. The van der Waals surface area contributed by atoms with Gasteiger partial charge in [0.25, 0.3) is 0 Å². The number of ether oxygens (including phenoxy) is 3. The van der Waals surface area contributed by atoms with Crippen LogP contribution < -0.4 is 0 Å². The third-order valence-corrected chi connectivity index (χ3v) is 12.9. The zero-order valence-corrected chi connectivity index (χ0v) is 43.8. The Kier molecular flexibility index (Phi) is 52.7. The van der Waals surface area contributed by atoms with Crippen LogP contribution in [0.5, 0.6) is 0 Å². The highest BCUT2D eigenvalue weighted by molar-refractivity contribution is 5.71. The van der Waals surface area contributed by atoms with Crippen LogP contribution in [0.1, 0.15) is 316 Å². The Labute approximate surface area is 404 Å². The SMILES string of the molecule is CCCCCC/C=C\CCCCCCCC(=O)OC(COC(=O)CCCCCCCCCCC)COC(=O)CCCCCCCCCCCCCCC/C=C\CCCCCCCCCC. The molecule has 0 aliphatic heterocycles. The number of rotatable bonds is 53. The lowest BCUT2D eigenvalue weighted by Crippen LogP contribution is -2.30. The predicted octanol–water partition coefficient (Wildman–Crippen LogP) is 19.1. The van der Waals surface area contributed by atoms with E-state index in [9.17, 15) is 14.4 Å². The highest BCUT2D eigenvalue weighted by atomic mass is 16.6. The van der Waals surface area contributed by atoms with Crippen molar-refractivity contribution < 1.29 is 28.6 Å². The second-order valence-electron chi connectivity index (χ2n) is 19.6. The molecule has 382 valence electrons. The van der Waals surface area contributed by atoms with Gasteiger partial charge in [-0.25, -0.2) is 0 Å². The summed E-state index contributed by atoms with van der Waals surface area (Å²) in [6.45, 7) is 6.63. The molecule has 1 unspecified atom stereocenters. The van der Waals surface area contributed by atoms with Gasteiger partial charge in [0, 0.05) is 19.3 Å². The third-order valence-electron chi connectivity index (χ3n) is 12.9. The molecule has 0 aliphatic carbocycles. The van der Waals surface area contributed by atoms with Gasteiger partial charge in [0.2, 0.25) is 0 Å². The maximum absolute atomic E-state index is 12.8. The Balaban J connectivity index is 4.13. The molecule has 0 fully saturated rings. The standard InChI is InChI=1S/C59H110O6/c1-4-7-10-13-16-19-21-23-24-25-26-27-28-29-30-31-32-33-34-36-37-40-43-46-49-52-58(61)64-55-56(54-63-57(60)51-48-45-42-39-18-15-12-9-6-3)65-59(62)53-50-47-44-41-38-35-22-20-17-14-11-8-5-2/h20,22,25-26,56H,4-19,21,23-24,27-55H2,1-3H3/b22-20-,26-25-. The van der Waals surface area contributed by atoms with E-state index in [-0.39, 0.29) is 31.1 Å². The minimum Gasteiger partial charge on any atom is -0.462 e. The van der Waals surface area contributed by atoms with Crippen molar-refractivity contribution in [3.05, 3.63) is 24.3 Å². The highest BCUT2D eigenvalue weighted by Crippen LogP contribution is 2.16.